The van der Waals surface area contributed by atoms with Crippen molar-refractivity contribution >= 4 is 17.2 Å². The minimum absolute atomic E-state index is 0.149. The zero-order valence-electron chi connectivity index (χ0n) is 17.1. The summed E-state index contributed by atoms with van der Waals surface area (Å²) in [7, 11) is 0. The summed E-state index contributed by atoms with van der Waals surface area (Å²) in [5, 5.41) is 6.75. The number of rotatable bonds is 7. The lowest BCUT2D eigenvalue weighted by Crippen LogP contribution is -2.26. The lowest BCUT2D eigenvalue weighted by molar-refractivity contribution is 0.0960. The number of aromatic nitrogens is 1. The molecule has 0 atom stereocenters. The molecule has 1 aliphatic heterocycles. The highest BCUT2D eigenvalue weighted by Gasteiger charge is 2.15. The monoisotopic (exact) mass is 433 g/mol. The zero-order valence-corrected chi connectivity index (χ0v) is 17.9. The molecule has 31 heavy (non-hydrogen) atoms. The van der Waals surface area contributed by atoms with Crippen LogP contribution in [0.3, 0.4) is 0 Å². The van der Waals surface area contributed by atoms with Gasteiger partial charge in [0.25, 0.3) is 11.5 Å². The molecule has 1 aromatic carbocycles. The zero-order chi connectivity index (χ0) is 21.6. The van der Waals surface area contributed by atoms with Crippen molar-refractivity contribution in [1.82, 2.24) is 15.2 Å². The van der Waals surface area contributed by atoms with Crippen LogP contribution in [-0.2, 0) is 6.61 Å². The Morgan fingerprint density at radius 1 is 1.23 bits per heavy atom. The van der Waals surface area contributed by atoms with Crippen molar-refractivity contribution in [2.24, 2.45) is 0 Å². The number of benzene rings is 1. The standard InChI is InChI=1S/C24H23N3O3S/c1-17-12-22(31-23(17)24(29)26-15-19-8-5-10-25-14-19)27-11-9-20(13-21(27)28)30-16-18-6-3-2-4-7-18/h2-9,11-14,25H,10,15-16H2,1H3,(H,26,29). The minimum atomic E-state index is -0.206. The number of nitrogens with one attached hydrogen (secondary N) is 2. The second-order valence-corrected chi connectivity index (χ2v) is 8.18. The summed E-state index contributed by atoms with van der Waals surface area (Å²) in [6.07, 6.45) is 7.58. The highest BCUT2D eigenvalue weighted by atomic mass is 32.1. The summed E-state index contributed by atoms with van der Waals surface area (Å²) < 4.78 is 7.26. The van der Waals surface area contributed by atoms with Gasteiger partial charge in [0.15, 0.2) is 0 Å². The van der Waals surface area contributed by atoms with E-state index in [0.29, 0.717) is 28.8 Å². The summed E-state index contributed by atoms with van der Waals surface area (Å²) >= 11 is 1.29. The van der Waals surface area contributed by atoms with Gasteiger partial charge in [0.1, 0.15) is 17.4 Å². The molecule has 1 aliphatic rings. The molecule has 0 radical (unpaired) electrons. The third-order valence-electron chi connectivity index (χ3n) is 4.80. The average molecular weight is 434 g/mol. The van der Waals surface area contributed by atoms with E-state index in [9.17, 15) is 9.59 Å². The number of dihydropyridines is 1. The average Bonchev–Trinajstić information content (AvgIpc) is 3.19. The Kier molecular flexibility index (Phi) is 6.33. The van der Waals surface area contributed by atoms with Crippen molar-refractivity contribution in [3.63, 3.8) is 0 Å². The molecule has 0 saturated heterocycles. The van der Waals surface area contributed by atoms with Crippen LogP contribution in [0, 0.1) is 6.92 Å². The van der Waals surface area contributed by atoms with E-state index >= 15 is 0 Å². The van der Waals surface area contributed by atoms with Crippen LogP contribution in [0.2, 0.25) is 0 Å². The number of thiophene rings is 1. The third kappa shape index (κ3) is 5.13. The van der Waals surface area contributed by atoms with Gasteiger partial charge in [-0.3, -0.25) is 14.2 Å². The number of hydrogen-bond donors (Lipinski definition) is 2. The summed E-state index contributed by atoms with van der Waals surface area (Å²) in [5.41, 5.74) is 2.67. The van der Waals surface area contributed by atoms with Crippen LogP contribution < -0.4 is 20.9 Å². The van der Waals surface area contributed by atoms with Crippen molar-refractivity contribution in [1.29, 1.82) is 0 Å². The van der Waals surface area contributed by atoms with Crippen molar-refractivity contribution < 1.29 is 9.53 Å². The second-order valence-electron chi connectivity index (χ2n) is 7.15. The number of hydrogen-bond acceptors (Lipinski definition) is 5. The van der Waals surface area contributed by atoms with Gasteiger partial charge in [-0.15, -0.1) is 11.3 Å². The third-order valence-corrected chi connectivity index (χ3v) is 6.03. The van der Waals surface area contributed by atoms with E-state index in [1.165, 1.54) is 22.0 Å². The smallest absolute Gasteiger partial charge is 0.261 e. The van der Waals surface area contributed by atoms with E-state index in [-0.39, 0.29) is 11.5 Å². The van der Waals surface area contributed by atoms with Crippen LogP contribution >= 0.6 is 11.3 Å². The Bertz CT molecular complexity index is 1190. The Morgan fingerprint density at radius 3 is 2.81 bits per heavy atom. The van der Waals surface area contributed by atoms with Crippen LogP contribution in [0.5, 0.6) is 5.75 Å². The van der Waals surface area contributed by atoms with E-state index in [4.69, 9.17) is 4.74 Å². The topological polar surface area (TPSA) is 72.4 Å². The number of aryl methyl sites for hydroxylation is 1. The quantitative estimate of drug-likeness (QED) is 0.598. The SMILES string of the molecule is Cc1cc(-n2ccc(OCc3ccccc3)cc2=O)sc1C(=O)NCC1=CNCC=C1. The van der Waals surface area contributed by atoms with Gasteiger partial charge in [-0.05, 0) is 35.8 Å². The molecule has 0 bridgehead atoms. The molecule has 0 unspecified atom stereocenters. The van der Waals surface area contributed by atoms with Crippen LogP contribution in [0.25, 0.3) is 5.00 Å². The number of ether oxygens (including phenoxy) is 1. The number of pyridine rings is 1. The molecule has 4 rings (SSSR count). The molecule has 2 aromatic heterocycles. The first-order chi connectivity index (χ1) is 15.1. The van der Waals surface area contributed by atoms with Gasteiger partial charge in [0.05, 0.1) is 4.88 Å². The van der Waals surface area contributed by atoms with Gasteiger partial charge in [0, 0.05) is 31.6 Å². The fourth-order valence-electron chi connectivity index (χ4n) is 3.17. The molecule has 2 N–H and O–H groups in total. The Balaban J connectivity index is 1.44. The van der Waals surface area contributed by atoms with Crippen LogP contribution in [-0.4, -0.2) is 23.6 Å². The van der Waals surface area contributed by atoms with E-state index in [1.807, 2.05) is 61.7 Å². The van der Waals surface area contributed by atoms with Crippen molar-refractivity contribution in [3.8, 4) is 10.8 Å². The molecular formula is C24H23N3O3S. The number of carbonyl (C=O) groups excluding carboxylic acids is 1. The van der Waals surface area contributed by atoms with Crippen LogP contribution in [0.15, 0.2) is 83.4 Å². The molecule has 1 amide bonds. The second kappa shape index (κ2) is 9.49. The first-order valence-corrected chi connectivity index (χ1v) is 10.8. The summed E-state index contributed by atoms with van der Waals surface area (Å²) in [6, 6.07) is 14.9. The predicted molar refractivity (Wildman–Crippen MR) is 123 cm³/mol. The number of nitrogens with zero attached hydrogens (tertiary/aromatic N) is 1. The van der Waals surface area contributed by atoms with Gasteiger partial charge >= 0.3 is 0 Å². The molecule has 0 saturated carbocycles. The summed E-state index contributed by atoms with van der Waals surface area (Å²) in [4.78, 5) is 25.9. The van der Waals surface area contributed by atoms with Crippen molar-refractivity contribution in [3.05, 3.63) is 105 Å². The van der Waals surface area contributed by atoms with Crippen LogP contribution in [0.1, 0.15) is 20.8 Å². The molecule has 0 spiro atoms. The first kappa shape index (κ1) is 20.7. The molecule has 3 aromatic rings. The van der Waals surface area contributed by atoms with Gasteiger partial charge in [0.2, 0.25) is 0 Å². The maximum atomic E-state index is 12.6. The minimum Gasteiger partial charge on any atom is -0.489 e. The fourth-order valence-corrected chi connectivity index (χ4v) is 4.25. The predicted octanol–water partition coefficient (Wildman–Crippen LogP) is 3.56. The highest BCUT2D eigenvalue weighted by Crippen LogP contribution is 2.25. The summed E-state index contributed by atoms with van der Waals surface area (Å²) in [6.45, 7) is 3.52. The van der Waals surface area contributed by atoms with E-state index in [1.54, 1.807) is 12.3 Å². The number of amides is 1. The van der Waals surface area contributed by atoms with E-state index < -0.39 is 0 Å². The fraction of sp³-hybridized carbons (Fsp3) is 0.167. The maximum absolute atomic E-state index is 12.6. The van der Waals surface area contributed by atoms with Gasteiger partial charge < -0.3 is 15.4 Å². The van der Waals surface area contributed by atoms with E-state index in [0.717, 1.165) is 23.2 Å². The van der Waals surface area contributed by atoms with Crippen LogP contribution in [0.4, 0.5) is 0 Å². The Morgan fingerprint density at radius 2 is 2.06 bits per heavy atom. The molecule has 7 heteroatoms. The highest BCUT2D eigenvalue weighted by molar-refractivity contribution is 7.16. The Hall–Kier alpha value is -3.58. The summed E-state index contributed by atoms with van der Waals surface area (Å²) in [5.74, 6) is 0.364. The van der Waals surface area contributed by atoms with Crippen molar-refractivity contribution in [2.45, 2.75) is 13.5 Å². The molecule has 3 heterocycles. The normalized spacial score (nSPS) is 12.7. The van der Waals surface area contributed by atoms with Gasteiger partial charge in [-0.2, -0.15) is 0 Å². The number of carbonyl (C=O) groups is 1. The lowest BCUT2D eigenvalue weighted by atomic mass is 10.2. The largest absolute Gasteiger partial charge is 0.489 e. The van der Waals surface area contributed by atoms with E-state index in [2.05, 4.69) is 10.6 Å². The van der Waals surface area contributed by atoms with Crippen molar-refractivity contribution in [2.75, 3.05) is 13.1 Å². The molecule has 0 fully saturated rings. The maximum Gasteiger partial charge on any atom is 0.261 e. The lowest BCUT2D eigenvalue weighted by Gasteiger charge is -2.09. The molecule has 0 aliphatic carbocycles. The van der Waals surface area contributed by atoms with Gasteiger partial charge in [-0.25, -0.2) is 0 Å². The molecular weight excluding hydrogens is 410 g/mol. The first-order valence-electron chi connectivity index (χ1n) is 9.97. The Labute approximate surface area is 184 Å². The van der Waals surface area contributed by atoms with Gasteiger partial charge in [-0.1, -0.05) is 42.5 Å². The molecule has 6 nitrogen and oxygen atoms in total. The molecule has 158 valence electrons.